The second kappa shape index (κ2) is 11.1. The van der Waals surface area contributed by atoms with Crippen LogP contribution in [0.15, 0.2) is 146 Å². The first-order chi connectivity index (χ1) is 25.3. The van der Waals surface area contributed by atoms with E-state index in [4.69, 9.17) is 15.0 Å². The number of rotatable bonds is 4. The summed E-state index contributed by atoms with van der Waals surface area (Å²) in [5.74, 6) is 2.02. The van der Waals surface area contributed by atoms with Gasteiger partial charge in [0.05, 0.1) is 0 Å². The molecule has 0 saturated carbocycles. The Balaban J connectivity index is 1.19. The predicted octanol–water partition coefficient (Wildman–Crippen LogP) is 11.7. The molecule has 4 nitrogen and oxygen atoms in total. The van der Waals surface area contributed by atoms with Gasteiger partial charge >= 0.3 is 0 Å². The summed E-state index contributed by atoms with van der Waals surface area (Å²) in [4.78, 5) is 20.5. The molecule has 2 aliphatic rings. The zero-order valence-corrected chi connectivity index (χ0v) is 29.6. The summed E-state index contributed by atoms with van der Waals surface area (Å²) < 4.78 is 0. The summed E-state index contributed by atoms with van der Waals surface area (Å²) in [5.41, 5.74) is 15.0. The molecule has 2 aromatic heterocycles. The van der Waals surface area contributed by atoms with Crippen LogP contribution in [0.1, 0.15) is 49.9 Å². The van der Waals surface area contributed by atoms with E-state index in [1.54, 1.807) is 0 Å². The normalized spacial score (nSPS) is 14.5. The highest BCUT2D eigenvalue weighted by Crippen LogP contribution is 2.53. The van der Waals surface area contributed by atoms with Crippen LogP contribution >= 0.6 is 0 Å². The SMILES string of the molecule is CC1(C)c2ccccc2-c2cccc(-c3nc(-c4ccc(-c5cncc6ccccc56)cc4)nc(-c4cccc5c4C(C)(C)c4ccccc4-5)n3)c21. The van der Waals surface area contributed by atoms with Crippen molar-refractivity contribution >= 4 is 10.8 Å². The number of fused-ring (bicyclic) bond motifs is 7. The van der Waals surface area contributed by atoms with E-state index < -0.39 is 0 Å². The van der Waals surface area contributed by atoms with Gasteiger partial charge in [0, 0.05) is 50.9 Å². The standard InChI is InChI=1S/C48H36N4/c1-47(2)40-21-9-7-15-33(40)35-17-11-19-37(42(35)47)45-50-44(30-25-23-29(24-26-30)39-28-49-27-31-13-5-6-14-32(31)39)51-46(52-45)38-20-12-18-36-34-16-8-10-22-41(34)48(3,4)43(36)38/h5-28H,1-4H3. The molecule has 4 heteroatoms. The average Bonchev–Trinajstić information content (AvgIpc) is 3.57. The molecule has 52 heavy (non-hydrogen) atoms. The fourth-order valence-electron chi connectivity index (χ4n) is 8.96. The molecule has 0 amide bonds. The van der Waals surface area contributed by atoms with E-state index in [1.807, 2.05) is 12.4 Å². The molecule has 0 N–H and O–H groups in total. The number of hydrogen-bond donors (Lipinski definition) is 0. The summed E-state index contributed by atoms with van der Waals surface area (Å²) in [7, 11) is 0. The minimum Gasteiger partial charge on any atom is -0.263 e. The van der Waals surface area contributed by atoms with Gasteiger partial charge in [-0.05, 0) is 55.5 Å². The number of aromatic nitrogens is 4. The molecular weight excluding hydrogens is 633 g/mol. The molecule has 0 fully saturated rings. The zero-order valence-electron chi connectivity index (χ0n) is 29.6. The van der Waals surface area contributed by atoms with Gasteiger partial charge in [0.25, 0.3) is 0 Å². The molecule has 0 spiro atoms. The van der Waals surface area contributed by atoms with Gasteiger partial charge in [0.1, 0.15) is 0 Å². The summed E-state index contributed by atoms with van der Waals surface area (Å²) in [6, 6.07) is 47.6. The van der Waals surface area contributed by atoms with Crippen molar-refractivity contribution in [3.63, 3.8) is 0 Å². The first-order valence-corrected chi connectivity index (χ1v) is 18.0. The third-order valence-corrected chi connectivity index (χ3v) is 11.4. The lowest BCUT2D eigenvalue weighted by atomic mass is 9.79. The third-order valence-electron chi connectivity index (χ3n) is 11.4. The number of pyridine rings is 1. The minimum atomic E-state index is -0.221. The van der Waals surface area contributed by atoms with Crippen LogP contribution in [0, 0.1) is 0 Å². The number of benzene rings is 6. The molecule has 2 aliphatic carbocycles. The molecule has 8 aromatic rings. The lowest BCUT2D eigenvalue weighted by Gasteiger charge is -2.25. The van der Waals surface area contributed by atoms with Crippen LogP contribution in [0.3, 0.4) is 0 Å². The minimum absolute atomic E-state index is 0.221. The Labute approximate surface area is 304 Å². The second-order valence-corrected chi connectivity index (χ2v) is 15.1. The van der Waals surface area contributed by atoms with Crippen LogP contribution < -0.4 is 0 Å². The monoisotopic (exact) mass is 668 g/mol. The Morgan fingerprint density at radius 1 is 0.365 bits per heavy atom. The lowest BCUT2D eigenvalue weighted by molar-refractivity contribution is 0.660. The molecule has 2 heterocycles. The highest BCUT2D eigenvalue weighted by molar-refractivity contribution is 5.96. The van der Waals surface area contributed by atoms with Crippen molar-refractivity contribution in [3.8, 4) is 67.5 Å². The second-order valence-electron chi connectivity index (χ2n) is 15.1. The zero-order chi connectivity index (χ0) is 35.2. The molecule has 10 rings (SSSR count). The lowest BCUT2D eigenvalue weighted by Crippen LogP contribution is -2.18. The Morgan fingerprint density at radius 2 is 0.827 bits per heavy atom. The smallest absolute Gasteiger partial charge is 0.164 e. The molecule has 0 atom stereocenters. The number of nitrogens with zero attached hydrogens (tertiary/aromatic N) is 4. The molecule has 0 unspecified atom stereocenters. The fraction of sp³-hybridized carbons (Fsp3) is 0.125. The van der Waals surface area contributed by atoms with E-state index in [9.17, 15) is 0 Å². The highest BCUT2D eigenvalue weighted by Gasteiger charge is 2.40. The van der Waals surface area contributed by atoms with Gasteiger partial charge in [0.15, 0.2) is 17.5 Å². The van der Waals surface area contributed by atoms with Gasteiger partial charge in [-0.25, -0.2) is 15.0 Å². The Bertz CT molecular complexity index is 2610. The van der Waals surface area contributed by atoms with Crippen LogP contribution in [-0.4, -0.2) is 19.9 Å². The first kappa shape index (κ1) is 30.6. The van der Waals surface area contributed by atoms with Crippen molar-refractivity contribution in [2.45, 2.75) is 38.5 Å². The Hall–Kier alpha value is -6.26. The summed E-state index contributed by atoms with van der Waals surface area (Å²) in [6.07, 6.45) is 3.86. The van der Waals surface area contributed by atoms with Gasteiger partial charge in [0.2, 0.25) is 0 Å². The topological polar surface area (TPSA) is 51.6 Å². The van der Waals surface area contributed by atoms with Gasteiger partial charge in [-0.3, -0.25) is 4.98 Å². The maximum absolute atomic E-state index is 5.38. The Morgan fingerprint density at radius 3 is 1.42 bits per heavy atom. The summed E-state index contributed by atoms with van der Waals surface area (Å²) in [5, 5.41) is 2.30. The van der Waals surface area contributed by atoms with Crippen LogP contribution in [0.5, 0.6) is 0 Å². The average molecular weight is 669 g/mol. The van der Waals surface area contributed by atoms with Crippen molar-refractivity contribution in [1.82, 2.24) is 19.9 Å². The van der Waals surface area contributed by atoms with Crippen LogP contribution in [-0.2, 0) is 10.8 Å². The van der Waals surface area contributed by atoms with E-state index in [0.717, 1.165) is 33.2 Å². The summed E-state index contributed by atoms with van der Waals surface area (Å²) in [6.45, 7) is 9.26. The van der Waals surface area contributed by atoms with Crippen molar-refractivity contribution in [1.29, 1.82) is 0 Å². The maximum Gasteiger partial charge on any atom is 0.164 e. The van der Waals surface area contributed by atoms with E-state index in [0.29, 0.717) is 17.5 Å². The molecular formula is C48H36N4. The van der Waals surface area contributed by atoms with Crippen LogP contribution in [0.2, 0.25) is 0 Å². The van der Waals surface area contributed by atoms with Gasteiger partial charge in [-0.2, -0.15) is 0 Å². The largest absolute Gasteiger partial charge is 0.263 e. The molecule has 0 bridgehead atoms. The Kier molecular flexibility index (Phi) is 6.53. The van der Waals surface area contributed by atoms with Crippen molar-refractivity contribution < 1.29 is 0 Å². The maximum atomic E-state index is 5.38. The van der Waals surface area contributed by atoms with E-state index in [2.05, 4.69) is 166 Å². The van der Waals surface area contributed by atoms with Crippen LogP contribution in [0.4, 0.5) is 0 Å². The molecule has 0 radical (unpaired) electrons. The van der Waals surface area contributed by atoms with Crippen molar-refractivity contribution in [3.05, 3.63) is 168 Å². The van der Waals surface area contributed by atoms with Gasteiger partial charge in [-0.1, -0.05) is 161 Å². The van der Waals surface area contributed by atoms with Crippen LogP contribution in [0.25, 0.3) is 78.3 Å². The third kappa shape index (κ3) is 4.40. The van der Waals surface area contributed by atoms with E-state index in [1.165, 1.54) is 49.9 Å². The number of hydrogen-bond acceptors (Lipinski definition) is 4. The quantitative estimate of drug-likeness (QED) is 0.187. The first-order valence-electron chi connectivity index (χ1n) is 18.0. The van der Waals surface area contributed by atoms with Crippen molar-refractivity contribution in [2.75, 3.05) is 0 Å². The highest BCUT2D eigenvalue weighted by atomic mass is 15.0. The molecule has 6 aromatic carbocycles. The van der Waals surface area contributed by atoms with Gasteiger partial charge < -0.3 is 0 Å². The molecule has 0 saturated heterocycles. The molecule has 0 aliphatic heterocycles. The predicted molar refractivity (Wildman–Crippen MR) is 212 cm³/mol. The fourth-order valence-corrected chi connectivity index (χ4v) is 8.96. The van der Waals surface area contributed by atoms with Crippen molar-refractivity contribution in [2.24, 2.45) is 0 Å². The molecule has 248 valence electrons. The summed E-state index contributed by atoms with van der Waals surface area (Å²) >= 11 is 0. The van der Waals surface area contributed by atoms with Gasteiger partial charge in [-0.15, -0.1) is 0 Å². The van der Waals surface area contributed by atoms with E-state index in [-0.39, 0.29) is 10.8 Å². The van der Waals surface area contributed by atoms with E-state index >= 15 is 0 Å².